The number of imidazole rings is 1. The molecule has 0 saturated carbocycles. The maximum absolute atomic E-state index is 5.85. The van der Waals surface area contributed by atoms with Crippen LogP contribution in [0.5, 0.6) is 0 Å². The summed E-state index contributed by atoms with van der Waals surface area (Å²) in [4.78, 5) is 3.91. The number of fused-ring (bicyclic) bond motifs is 1. The molecule has 0 unspecified atom stereocenters. The molecule has 0 spiro atoms. The van der Waals surface area contributed by atoms with Crippen molar-refractivity contribution in [3.8, 4) is 0 Å². The van der Waals surface area contributed by atoms with E-state index in [2.05, 4.69) is 4.98 Å². The van der Waals surface area contributed by atoms with Gasteiger partial charge in [-0.05, 0) is 12.1 Å². The van der Waals surface area contributed by atoms with Crippen LogP contribution in [0.3, 0.4) is 0 Å². The fourth-order valence-corrected chi connectivity index (χ4v) is 1.22. The number of pyridine rings is 1. The number of hydrogen-bond donors (Lipinski definition) is 1. The predicted molar refractivity (Wildman–Crippen MR) is 44.6 cm³/mol. The zero-order valence-corrected chi connectivity index (χ0v) is 6.42. The summed E-state index contributed by atoms with van der Waals surface area (Å²) in [6, 6.07) is 3.63. The highest BCUT2D eigenvalue weighted by atomic mass is 35.5. The summed E-state index contributed by atoms with van der Waals surface area (Å²) in [6.45, 7) is 0. The maximum Gasteiger partial charge on any atom is 0.204 e. The Morgan fingerprint density at radius 1 is 1.55 bits per heavy atom. The second-order valence-corrected chi connectivity index (χ2v) is 2.63. The SMILES string of the molecule is Nc1ncc2c(Cl)cccn12. The van der Waals surface area contributed by atoms with Gasteiger partial charge in [0.2, 0.25) is 5.95 Å². The molecule has 2 heterocycles. The molecule has 0 radical (unpaired) electrons. The zero-order chi connectivity index (χ0) is 7.84. The number of nitrogens with two attached hydrogens (primary N) is 1. The lowest BCUT2D eigenvalue weighted by Gasteiger charge is -1.95. The summed E-state index contributed by atoms with van der Waals surface area (Å²) >= 11 is 5.85. The van der Waals surface area contributed by atoms with Gasteiger partial charge in [0.1, 0.15) is 0 Å². The van der Waals surface area contributed by atoms with Crippen LogP contribution in [0, 0.1) is 0 Å². The van der Waals surface area contributed by atoms with Crippen LogP contribution < -0.4 is 5.73 Å². The second kappa shape index (κ2) is 2.13. The van der Waals surface area contributed by atoms with E-state index in [9.17, 15) is 0 Å². The van der Waals surface area contributed by atoms with Crippen LogP contribution in [0.4, 0.5) is 5.95 Å². The minimum absolute atomic E-state index is 0.461. The molecule has 2 N–H and O–H groups in total. The Bertz CT molecular complexity index is 393. The Hall–Kier alpha value is -1.22. The molecule has 0 amide bonds. The number of rotatable bonds is 0. The fraction of sp³-hybridized carbons (Fsp3) is 0. The molecular formula is C7H6ClN3. The van der Waals surface area contributed by atoms with E-state index >= 15 is 0 Å². The van der Waals surface area contributed by atoms with Crippen LogP contribution >= 0.6 is 11.6 Å². The normalized spacial score (nSPS) is 10.6. The number of aromatic nitrogens is 2. The van der Waals surface area contributed by atoms with Crippen molar-refractivity contribution in [3.63, 3.8) is 0 Å². The van der Waals surface area contributed by atoms with E-state index in [1.807, 2.05) is 12.3 Å². The molecule has 0 aliphatic carbocycles. The molecule has 0 fully saturated rings. The van der Waals surface area contributed by atoms with Crippen molar-refractivity contribution in [2.24, 2.45) is 0 Å². The van der Waals surface area contributed by atoms with Crippen molar-refractivity contribution in [1.29, 1.82) is 0 Å². The summed E-state index contributed by atoms with van der Waals surface area (Å²) in [6.07, 6.45) is 3.47. The molecule has 2 aromatic heterocycles. The minimum atomic E-state index is 0.461. The summed E-state index contributed by atoms with van der Waals surface area (Å²) in [5.74, 6) is 0.461. The highest BCUT2D eigenvalue weighted by Crippen LogP contribution is 2.17. The monoisotopic (exact) mass is 167 g/mol. The number of nitrogen functional groups attached to an aromatic ring is 1. The van der Waals surface area contributed by atoms with E-state index in [0.717, 1.165) is 5.52 Å². The summed E-state index contributed by atoms with van der Waals surface area (Å²) in [5, 5.41) is 0.664. The van der Waals surface area contributed by atoms with Gasteiger partial charge in [-0.3, -0.25) is 4.40 Å². The first-order valence-electron chi connectivity index (χ1n) is 3.16. The molecule has 0 atom stereocenters. The Balaban J connectivity index is 2.94. The van der Waals surface area contributed by atoms with Gasteiger partial charge in [-0.2, -0.15) is 0 Å². The third kappa shape index (κ3) is 0.851. The van der Waals surface area contributed by atoms with Gasteiger partial charge in [-0.25, -0.2) is 4.98 Å². The van der Waals surface area contributed by atoms with Crippen LogP contribution in [0.1, 0.15) is 0 Å². The molecule has 0 aliphatic rings. The Kier molecular flexibility index (Phi) is 1.26. The maximum atomic E-state index is 5.85. The summed E-state index contributed by atoms with van der Waals surface area (Å²) < 4.78 is 1.74. The van der Waals surface area contributed by atoms with Crippen molar-refractivity contribution < 1.29 is 0 Å². The third-order valence-electron chi connectivity index (χ3n) is 1.55. The van der Waals surface area contributed by atoms with Crippen molar-refractivity contribution >= 4 is 23.1 Å². The lowest BCUT2D eigenvalue weighted by molar-refractivity contribution is 1.17. The highest BCUT2D eigenvalue weighted by Gasteiger charge is 2.00. The van der Waals surface area contributed by atoms with Crippen LogP contribution in [0.2, 0.25) is 5.02 Å². The van der Waals surface area contributed by atoms with Gasteiger partial charge in [0.05, 0.1) is 16.7 Å². The van der Waals surface area contributed by atoms with Crippen molar-refractivity contribution in [2.45, 2.75) is 0 Å². The lowest BCUT2D eigenvalue weighted by Crippen LogP contribution is -1.92. The Morgan fingerprint density at radius 3 is 3.09 bits per heavy atom. The average molecular weight is 168 g/mol. The largest absolute Gasteiger partial charge is 0.369 e. The summed E-state index contributed by atoms with van der Waals surface area (Å²) in [5.41, 5.74) is 6.38. The standard InChI is InChI=1S/C7H6ClN3/c8-5-2-1-3-11-6(5)4-10-7(11)9/h1-4H,(H2,9,10). The van der Waals surface area contributed by atoms with Gasteiger partial charge in [-0.1, -0.05) is 11.6 Å². The fourth-order valence-electron chi connectivity index (χ4n) is 1.01. The van der Waals surface area contributed by atoms with Crippen molar-refractivity contribution in [2.75, 3.05) is 5.73 Å². The zero-order valence-electron chi connectivity index (χ0n) is 5.66. The van der Waals surface area contributed by atoms with Gasteiger partial charge in [0.15, 0.2) is 0 Å². The van der Waals surface area contributed by atoms with Crippen LogP contribution in [0.25, 0.3) is 5.52 Å². The number of hydrogen-bond acceptors (Lipinski definition) is 2. The lowest BCUT2D eigenvalue weighted by atomic mass is 10.4. The first kappa shape index (κ1) is 6.49. The predicted octanol–water partition coefficient (Wildman–Crippen LogP) is 1.57. The van der Waals surface area contributed by atoms with Crippen molar-refractivity contribution in [3.05, 3.63) is 29.5 Å². The molecule has 4 heteroatoms. The quantitative estimate of drug-likeness (QED) is 0.647. The van der Waals surface area contributed by atoms with E-state index in [1.165, 1.54) is 0 Å². The number of nitrogens with zero attached hydrogens (tertiary/aromatic N) is 2. The first-order chi connectivity index (χ1) is 5.29. The number of halogens is 1. The molecule has 0 saturated heterocycles. The van der Waals surface area contributed by atoms with Gasteiger partial charge in [0, 0.05) is 6.20 Å². The van der Waals surface area contributed by atoms with Gasteiger partial charge >= 0.3 is 0 Å². The molecule has 56 valence electrons. The van der Waals surface area contributed by atoms with Gasteiger partial charge in [-0.15, -0.1) is 0 Å². The molecule has 2 aromatic rings. The van der Waals surface area contributed by atoms with Crippen molar-refractivity contribution in [1.82, 2.24) is 9.38 Å². The van der Waals surface area contributed by atoms with E-state index < -0.39 is 0 Å². The highest BCUT2D eigenvalue weighted by molar-refractivity contribution is 6.33. The molecule has 0 aromatic carbocycles. The molecule has 11 heavy (non-hydrogen) atoms. The van der Waals surface area contributed by atoms with Gasteiger partial charge < -0.3 is 5.73 Å². The van der Waals surface area contributed by atoms with E-state index in [1.54, 1.807) is 16.7 Å². The van der Waals surface area contributed by atoms with Crippen LogP contribution in [-0.2, 0) is 0 Å². The minimum Gasteiger partial charge on any atom is -0.369 e. The molecule has 2 rings (SSSR count). The average Bonchev–Trinajstić information content (AvgIpc) is 2.35. The van der Waals surface area contributed by atoms with Crippen LogP contribution in [0.15, 0.2) is 24.5 Å². The van der Waals surface area contributed by atoms with Gasteiger partial charge in [0.25, 0.3) is 0 Å². The van der Waals surface area contributed by atoms with E-state index in [0.29, 0.717) is 11.0 Å². The second-order valence-electron chi connectivity index (χ2n) is 2.23. The van der Waals surface area contributed by atoms with E-state index in [-0.39, 0.29) is 0 Å². The molecule has 3 nitrogen and oxygen atoms in total. The van der Waals surface area contributed by atoms with E-state index in [4.69, 9.17) is 17.3 Å². The smallest absolute Gasteiger partial charge is 0.204 e. The molecule has 0 aliphatic heterocycles. The Labute approximate surface area is 68.4 Å². The summed E-state index contributed by atoms with van der Waals surface area (Å²) in [7, 11) is 0. The van der Waals surface area contributed by atoms with Crippen LogP contribution in [-0.4, -0.2) is 9.38 Å². The Morgan fingerprint density at radius 2 is 2.36 bits per heavy atom. The number of anilines is 1. The molecule has 0 bridgehead atoms. The molecular weight excluding hydrogens is 162 g/mol. The first-order valence-corrected chi connectivity index (χ1v) is 3.54. The topological polar surface area (TPSA) is 43.3 Å². The third-order valence-corrected chi connectivity index (χ3v) is 1.87.